The summed E-state index contributed by atoms with van der Waals surface area (Å²) in [5.74, 6) is 0.946. The topological polar surface area (TPSA) is 21.3 Å². The third kappa shape index (κ3) is 4.25. The first-order chi connectivity index (χ1) is 10.2. The second-order valence-electron chi connectivity index (χ2n) is 5.29. The Labute approximate surface area is 128 Å². The second-order valence-corrected chi connectivity index (χ2v) is 5.29. The van der Waals surface area contributed by atoms with Gasteiger partial charge < -0.3 is 10.1 Å². The lowest BCUT2D eigenvalue weighted by atomic mass is 10.1. The van der Waals surface area contributed by atoms with Crippen LogP contribution in [0.2, 0.25) is 0 Å². The van der Waals surface area contributed by atoms with Crippen LogP contribution in [0.5, 0.6) is 5.75 Å². The minimum atomic E-state index is 0.276. The van der Waals surface area contributed by atoms with Crippen LogP contribution >= 0.6 is 0 Å². The van der Waals surface area contributed by atoms with Gasteiger partial charge in [0.2, 0.25) is 0 Å². The fraction of sp³-hybridized carbons (Fsp3) is 0.368. The van der Waals surface area contributed by atoms with E-state index < -0.39 is 0 Å². The lowest BCUT2D eigenvalue weighted by Crippen LogP contribution is -2.08. The third-order valence-electron chi connectivity index (χ3n) is 3.62. The van der Waals surface area contributed by atoms with Gasteiger partial charge in [-0.2, -0.15) is 0 Å². The molecule has 2 nitrogen and oxygen atoms in total. The lowest BCUT2D eigenvalue weighted by molar-refractivity contribution is 0.317. The highest BCUT2D eigenvalue weighted by molar-refractivity contribution is 5.52. The average molecular weight is 283 g/mol. The molecule has 0 radical (unpaired) electrons. The number of nitrogens with one attached hydrogen (secondary N) is 1. The summed E-state index contributed by atoms with van der Waals surface area (Å²) in [6, 6.07) is 17.1. The number of benzene rings is 2. The van der Waals surface area contributed by atoms with Crippen LogP contribution in [0.25, 0.3) is 0 Å². The number of ether oxygens (including phenoxy) is 1. The summed E-state index contributed by atoms with van der Waals surface area (Å²) in [5, 5.41) is 3.60. The molecular weight excluding hydrogens is 258 g/mol. The smallest absolute Gasteiger partial charge is 0.119 e. The Bertz CT molecular complexity index is 548. The summed E-state index contributed by atoms with van der Waals surface area (Å²) in [6.07, 6.45) is 2.08. The van der Waals surface area contributed by atoms with Crippen molar-refractivity contribution in [1.29, 1.82) is 0 Å². The SMILES string of the molecule is CCCOc1ccc(C(C)Nc2ccccc2CC)cc1. The molecule has 0 heterocycles. The molecule has 0 aromatic heterocycles. The Balaban J connectivity index is 2.04. The van der Waals surface area contributed by atoms with Crippen molar-refractivity contribution in [2.75, 3.05) is 11.9 Å². The van der Waals surface area contributed by atoms with Crippen molar-refractivity contribution < 1.29 is 4.74 Å². The minimum absolute atomic E-state index is 0.276. The van der Waals surface area contributed by atoms with Crippen molar-refractivity contribution in [2.45, 2.75) is 39.7 Å². The standard InChI is InChI=1S/C19H25NO/c1-4-14-21-18-12-10-17(11-13-18)15(3)20-19-9-7-6-8-16(19)5-2/h6-13,15,20H,4-5,14H2,1-3H3. The van der Waals surface area contributed by atoms with Crippen LogP contribution in [-0.4, -0.2) is 6.61 Å². The van der Waals surface area contributed by atoms with Gasteiger partial charge in [0.05, 0.1) is 6.61 Å². The monoisotopic (exact) mass is 283 g/mol. The number of para-hydroxylation sites is 1. The Kier molecular flexibility index (Phi) is 5.68. The van der Waals surface area contributed by atoms with E-state index in [1.54, 1.807) is 0 Å². The summed E-state index contributed by atoms with van der Waals surface area (Å²) in [6.45, 7) is 7.27. The zero-order valence-corrected chi connectivity index (χ0v) is 13.2. The average Bonchev–Trinajstić information content (AvgIpc) is 2.54. The molecule has 0 spiro atoms. The highest BCUT2D eigenvalue weighted by atomic mass is 16.5. The van der Waals surface area contributed by atoms with Gasteiger partial charge in [-0.1, -0.05) is 44.2 Å². The Morgan fingerprint density at radius 2 is 1.71 bits per heavy atom. The van der Waals surface area contributed by atoms with Crippen LogP contribution in [-0.2, 0) is 6.42 Å². The molecule has 0 aliphatic carbocycles. The lowest BCUT2D eigenvalue weighted by Gasteiger charge is -2.18. The molecule has 112 valence electrons. The summed E-state index contributed by atoms with van der Waals surface area (Å²) in [7, 11) is 0. The first-order valence-corrected chi connectivity index (χ1v) is 7.81. The first kappa shape index (κ1) is 15.4. The van der Waals surface area contributed by atoms with Crippen molar-refractivity contribution >= 4 is 5.69 Å². The van der Waals surface area contributed by atoms with Gasteiger partial charge in [-0.15, -0.1) is 0 Å². The molecule has 2 aromatic carbocycles. The van der Waals surface area contributed by atoms with E-state index in [0.717, 1.165) is 25.2 Å². The maximum atomic E-state index is 5.62. The van der Waals surface area contributed by atoms with E-state index in [2.05, 4.69) is 74.6 Å². The van der Waals surface area contributed by atoms with Crippen molar-refractivity contribution in [3.05, 3.63) is 59.7 Å². The largest absolute Gasteiger partial charge is 0.494 e. The zero-order valence-electron chi connectivity index (χ0n) is 13.2. The fourth-order valence-electron chi connectivity index (χ4n) is 2.36. The highest BCUT2D eigenvalue weighted by Gasteiger charge is 2.07. The quantitative estimate of drug-likeness (QED) is 0.753. The molecule has 0 aliphatic rings. The fourth-order valence-corrected chi connectivity index (χ4v) is 2.36. The third-order valence-corrected chi connectivity index (χ3v) is 3.62. The molecule has 0 aliphatic heterocycles. The molecule has 1 unspecified atom stereocenters. The number of aryl methyl sites for hydroxylation is 1. The van der Waals surface area contributed by atoms with Crippen molar-refractivity contribution in [2.24, 2.45) is 0 Å². The number of rotatable bonds is 7. The van der Waals surface area contributed by atoms with Gasteiger partial charge in [-0.3, -0.25) is 0 Å². The Hall–Kier alpha value is -1.96. The van der Waals surface area contributed by atoms with Gasteiger partial charge in [0, 0.05) is 11.7 Å². The summed E-state index contributed by atoms with van der Waals surface area (Å²) < 4.78 is 5.62. The van der Waals surface area contributed by atoms with E-state index in [1.807, 2.05) is 0 Å². The van der Waals surface area contributed by atoms with Gasteiger partial charge in [-0.25, -0.2) is 0 Å². The van der Waals surface area contributed by atoms with Gasteiger partial charge >= 0.3 is 0 Å². The molecule has 0 fully saturated rings. The van der Waals surface area contributed by atoms with Crippen molar-refractivity contribution in [1.82, 2.24) is 0 Å². The molecule has 2 heteroatoms. The van der Waals surface area contributed by atoms with Crippen LogP contribution < -0.4 is 10.1 Å². The number of anilines is 1. The molecule has 1 N–H and O–H groups in total. The number of hydrogen-bond donors (Lipinski definition) is 1. The summed E-state index contributed by atoms with van der Waals surface area (Å²) in [5.41, 5.74) is 3.84. The number of hydrogen-bond acceptors (Lipinski definition) is 2. The van der Waals surface area contributed by atoms with Gasteiger partial charge in [0.1, 0.15) is 5.75 Å². The molecule has 2 aromatic rings. The predicted octanol–water partition coefficient (Wildman–Crippen LogP) is 5.21. The van der Waals surface area contributed by atoms with E-state index in [-0.39, 0.29) is 6.04 Å². The normalized spacial score (nSPS) is 12.0. The van der Waals surface area contributed by atoms with E-state index in [1.165, 1.54) is 16.8 Å². The molecule has 0 bridgehead atoms. The van der Waals surface area contributed by atoms with E-state index in [9.17, 15) is 0 Å². The second kappa shape index (κ2) is 7.72. The highest BCUT2D eigenvalue weighted by Crippen LogP contribution is 2.24. The summed E-state index contributed by atoms with van der Waals surface area (Å²) >= 11 is 0. The molecule has 0 saturated heterocycles. The van der Waals surface area contributed by atoms with Gasteiger partial charge in [-0.05, 0) is 49.1 Å². The van der Waals surface area contributed by atoms with Crippen LogP contribution in [0, 0.1) is 0 Å². The Morgan fingerprint density at radius 1 is 1.00 bits per heavy atom. The molecule has 0 amide bonds. The zero-order chi connectivity index (χ0) is 15.1. The van der Waals surface area contributed by atoms with E-state index >= 15 is 0 Å². The molecule has 2 rings (SSSR count). The van der Waals surface area contributed by atoms with E-state index in [4.69, 9.17) is 4.74 Å². The molecule has 21 heavy (non-hydrogen) atoms. The van der Waals surface area contributed by atoms with E-state index in [0.29, 0.717) is 0 Å². The summed E-state index contributed by atoms with van der Waals surface area (Å²) in [4.78, 5) is 0. The predicted molar refractivity (Wildman–Crippen MR) is 90.1 cm³/mol. The van der Waals surface area contributed by atoms with Crippen molar-refractivity contribution in [3.8, 4) is 5.75 Å². The van der Waals surface area contributed by atoms with Crippen LogP contribution in [0.1, 0.15) is 44.4 Å². The van der Waals surface area contributed by atoms with Gasteiger partial charge in [0.15, 0.2) is 0 Å². The van der Waals surface area contributed by atoms with Crippen molar-refractivity contribution in [3.63, 3.8) is 0 Å². The van der Waals surface area contributed by atoms with Crippen LogP contribution in [0.15, 0.2) is 48.5 Å². The maximum absolute atomic E-state index is 5.62. The first-order valence-electron chi connectivity index (χ1n) is 7.81. The minimum Gasteiger partial charge on any atom is -0.494 e. The molecule has 1 atom stereocenters. The van der Waals surface area contributed by atoms with Crippen LogP contribution in [0.3, 0.4) is 0 Å². The molecular formula is C19H25NO. The maximum Gasteiger partial charge on any atom is 0.119 e. The van der Waals surface area contributed by atoms with Crippen LogP contribution in [0.4, 0.5) is 5.69 Å². The Morgan fingerprint density at radius 3 is 2.38 bits per heavy atom. The van der Waals surface area contributed by atoms with Gasteiger partial charge in [0.25, 0.3) is 0 Å². The molecule has 0 saturated carbocycles.